The van der Waals surface area contributed by atoms with Crippen LogP contribution >= 0.6 is 12.4 Å². The molecule has 0 heterocycles. The molecule has 0 aromatic rings. The number of nitrogens with two attached hydrogens (primary N) is 1. The van der Waals surface area contributed by atoms with Crippen LogP contribution in [-0.4, -0.2) is 31.4 Å². The summed E-state index contributed by atoms with van der Waals surface area (Å²) in [7, 11) is 0. The van der Waals surface area contributed by atoms with Crippen molar-refractivity contribution < 1.29 is 9.59 Å². The van der Waals surface area contributed by atoms with Crippen LogP contribution in [0.2, 0.25) is 0 Å². The smallest absolute Gasteiger partial charge is 0.239 e. The molecule has 2 amide bonds. The Hall–Kier alpha value is -0.810. The van der Waals surface area contributed by atoms with E-state index in [0.29, 0.717) is 19.5 Å². The van der Waals surface area contributed by atoms with Crippen molar-refractivity contribution in [2.75, 3.05) is 19.6 Å². The number of hydrogen-bond acceptors (Lipinski definition) is 3. The van der Waals surface area contributed by atoms with Gasteiger partial charge in [0.1, 0.15) is 0 Å². The van der Waals surface area contributed by atoms with Crippen LogP contribution in [0.1, 0.15) is 45.4 Å². The first-order valence-electron chi connectivity index (χ1n) is 6.44. The monoisotopic (exact) mass is 279 g/mol. The lowest BCUT2D eigenvalue weighted by Crippen LogP contribution is -2.37. The summed E-state index contributed by atoms with van der Waals surface area (Å²) in [5, 5.41) is 5.31. The number of hydrogen-bond donors (Lipinski definition) is 3. The van der Waals surface area contributed by atoms with Gasteiger partial charge in [-0.15, -0.1) is 12.4 Å². The van der Waals surface area contributed by atoms with E-state index in [1.165, 1.54) is 0 Å². The zero-order valence-corrected chi connectivity index (χ0v) is 12.0. The van der Waals surface area contributed by atoms with Crippen molar-refractivity contribution in [3.05, 3.63) is 0 Å². The van der Waals surface area contributed by atoms with Crippen LogP contribution in [0.4, 0.5) is 0 Å². The highest BCUT2D eigenvalue weighted by molar-refractivity contribution is 5.85. The lowest BCUT2D eigenvalue weighted by Gasteiger charge is -2.05. The van der Waals surface area contributed by atoms with Crippen LogP contribution in [-0.2, 0) is 9.59 Å². The van der Waals surface area contributed by atoms with Crippen molar-refractivity contribution in [1.82, 2.24) is 10.6 Å². The minimum absolute atomic E-state index is 0. The maximum Gasteiger partial charge on any atom is 0.239 e. The molecule has 0 saturated heterocycles. The van der Waals surface area contributed by atoms with E-state index in [1.54, 1.807) is 0 Å². The summed E-state index contributed by atoms with van der Waals surface area (Å²) in [6, 6.07) is 0. The molecule has 0 aromatic heterocycles. The highest BCUT2D eigenvalue weighted by Crippen LogP contribution is 2.01. The standard InChI is InChI=1S/C12H25N3O2.ClH/c1-2-9-14-12(17)10-15-11(16)7-5-3-4-6-8-13;/h2-10,13H2,1H3,(H,14,17)(H,15,16);1H. The molecule has 0 aliphatic carbocycles. The van der Waals surface area contributed by atoms with Crippen molar-refractivity contribution in [2.24, 2.45) is 5.73 Å². The Morgan fingerprint density at radius 3 is 2.28 bits per heavy atom. The summed E-state index contributed by atoms with van der Waals surface area (Å²) < 4.78 is 0. The molecule has 6 heteroatoms. The van der Waals surface area contributed by atoms with Gasteiger partial charge in [0.15, 0.2) is 0 Å². The number of carbonyl (C=O) groups is 2. The molecule has 0 aromatic carbocycles. The Bertz CT molecular complexity index is 225. The van der Waals surface area contributed by atoms with E-state index in [2.05, 4.69) is 10.6 Å². The van der Waals surface area contributed by atoms with Gasteiger partial charge < -0.3 is 16.4 Å². The van der Waals surface area contributed by atoms with Gasteiger partial charge in [0, 0.05) is 13.0 Å². The molecule has 0 radical (unpaired) electrons. The summed E-state index contributed by atoms with van der Waals surface area (Å²) in [5.41, 5.74) is 5.37. The third-order valence-corrected chi connectivity index (χ3v) is 2.38. The summed E-state index contributed by atoms with van der Waals surface area (Å²) in [6.07, 6.45) is 5.36. The molecule has 0 bridgehead atoms. The summed E-state index contributed by atoms with van der Waals surface area (Å²) in [4.78, 5) is 22.5. The van der Waals surface area contributed by atoms with Crippen LogP contribution in [0.5, 0.6) is 0 Å². The fourth-order valence-electron chi connectivity index (χ4n) is 1.38. The van der Waals surface area contributed by atoms with Crippen molar-refractivity contribution in [1.29, 1.82) is 0 Å². The summed E-state index contributed by atoms with van der Waals surface area (Å²) in [6.45, 7) is 3.44. The Labute approximate surface area is 116 Å². The first-order valence-corrected chi connectivity index (χ1v) is 6.44. The molecule has 108 valence electrons. The van der Waals surface area contributed by atoms with Gasteiger partial charge >= 0.3 is 0 Å². The van der Waals surface area contributed by atoms with Gasteiger partial charge in [-0.3, -0.25) is 9.59 Å². The van der Waals surface area contributed by atoms with Gasteiger partial charge in [0.05, 0.1) is 6.54 Å². The highest BCUT2D eigenvalue weighted by Gasteiger charge is 2.04. The molecule has 0 spiro atoms. The van der Waals surface area contributed by atoms with Crippen LogP contribution in [0.25, 0.3) is 0 Å². The molecular weight excluding hydrogens is 254 g/mol. The van der Waals surface area contributed by atoms with Crippen molar-refractivity contribution in [3.63, 3.8) is 0 Å². The van der Waals surface area contributed by atoms with Gasteiger partial charge in [-0.25, -0.2) is 0 Å². The number of halogens is 1. The van der Waals surface area contributed by atoms with Gasteiger partial charge in [0.2, 0.25) is 11.8 Å². The number of carbonyl (C=O) groups excluding carboxylic acids is 2. The van der Waals surface area contributed by atoms with Crippen LogP contribution in [0, 0.1) is 0 Å². The lowest BCUT2D eigenvalue weighted by atomic mass is 10.1. The minimum Gasteiger partial charge on any atom is -0.355 e. The molecular formula is C12H26ClN3O2. The number of rotatable bonds is 10. The van der Waals surface area contributed by atoms with Gasteiger partial charge in [0.25, 0.3) is 0 Å². The van der Waals surface area contributed by atoms with Crippen LogP contribution in [0.15, 0.2) is 0 Å². The maximum atomic E-state index is 11.3. The number of unbranched alkanes of at least 4 members (excludes halogenated alkanes) is 3. The first-order chi connectivity index (χ1) is 8.20. The fourth-order valence-corrected chi connectivity index (χ4v) is 1.38. The predicted octanol–water partition coefficient (Wildman–Crippen LogP) is 0.960. The minimum atomic E-state index is -0.122. The van der Waals surface area contributed by atoms with E-state index >= 15 is 0 Å². The molecule has 0 aliphatic rings. The summed E-state index contributed by atoms with van der Waals surface area (Å²) in [5.74, 6) is -0.173. The quantitative estimate of drug-likeness (QED) is 0.521. The number of amides is 2. The topological polar surface area (TPSA) is 84.2 Å². The molecule has 0 atom stereocenters. The van der Waals surface area contributed by atoms with Crippen molar-refractivity contribution >= 4 is 24.2 Å². The van der Waals surface area contributed by atoms with E-state index in [4.69, 9.17) is 5.73 Å². The highest BCUT2D eigenvalue weighted by atomic mass is 35.5. The largest absolute Gasteiger partial charge is 0.355 e. The SMILES string of the molecule is CCCNC(=O)CNC(=O)CCCCCCN.Cl. The molecule has 18 heavy (non-hydrogen) atoms. The zero-order valence-electron chi connectivity index (χ0n) is 11.2. The fraction of sp³-hybridized carbons (Fsp3) is 0.833. The molecule has 0 aliphatic heterocycles. The van der Waals surface area contributed by atoms with Crippen LogP contribution < -0.4 is 16.4 Å². The number of nitrogens with one attached hydrogen (secondary N) is 2. The van der Waals surface area contributed by atoms with E-state index in [9.17, 15) is 9.59 Å². The lowest BCUT2D eigenvalue weighted by molar-refractivity contribution is -0.126. The Morgan fingerprint density at radius 2 is 1.67 bits per heavy atom. The zero-order chi connectivity index (χ0) is 12.9. The van der Waals surface area contributed by atoms with Gasteiger partial charge in [-0.2, -0.15) is 0 Å². The predicted molar refractivity (Wildman–Crippen MR) is 75.7 cm³/mol. The second kappa shape index (κ2) is 14.3. The van der Waals surface area contributed by atoms with E-state index in [0.717, 1.165) is 32.1 Å². The molecule has 0 rings (SSSR count). The van der Waals surface area contributed by atoms with Gasteiger partial charge in [-0.05, 0) is 25.8 Å². The molecule has 4 N–H and O–H groups in total. The maximum absolute atomic E-state index is 11.3. The van der Waals surface area contributed by atoms with E-state index in [1.807, 2.05) is 6.92 Å². The normalized spacial score (nSPS) is 9.44. The Kier molecular flexibility index (Phi) is 15.5. The average Bonchev–Trinajstić information content (AvgIpc) is 2.33. The second-order valence-corrected chi connectivity index (χ2v) is 4.08. The van der Waals surface area contributed by atoms with Crippen molar-refractivity contribution in [2.45, 2.75) is 45.4 Å². The third kappa shape index (κ3) is 13.3. The third-order valence-electron chi connectivity index (χ3n) is 2.38. The first kappa shape index (κ1) is 19.5. The molecule has 0 unspecified atom stereocenters. The van der Waals surface area contributed by atoms with Gasteiger partial charge in [-0.1, -0.05) is 19.8 Å². The van der Waals surface area contributed by atoms with E-state index < -0.39 is 0 Å². The van der Waals surface area contributed by atoms with Crippen LogP contribution in [0.3, 0.4) is 0 Å². The molecule has 0 saturated carbocycles. The summed E-state index contributed by atoms with van der Waals surface area (Å²) >= 11 is 0. The van der Waals surface area contributed by atoms with E-state index in [-0.39, 0.29) is 30.8 Å². The van der Waals surface area contributed by atoms with Crippen molar-refractivity contribution in [3.8, 4) is 0 Å². The Morgan fingerprint density at radius 1 is 1.00 bits per heavy atom. The average molecular weight is 280 g/mol. The molecule has 5 nitrogen and oxygen atoms in total. The Balaban J connectivity index is 0. The molecule has 0 fully saturated rings. The second-order valence-electron chi connectivity index (χ2n) is 4.08.